The lowest BCUT2D eigenvalue weighted by Gasteiger charge is -2.39. The van der Waals surface area contributed by atoms with Gasteiger partial charge in [0, 0.05) is 18.0 Å². The second-order valence-electron chi connectivity index (χ2n) is 6.80. The molecule has 0 saturated heterocycles. The molecule has 0 aliphatic carbocycles. The maximum Gasteiger partial charge on any atom is 0.461 e. The molecule has 1 atom stereocenters. The second-order valence-corrected chi connectivity index (χ2v) is 6.80. The molecule has 0 bridgehead atoms. The first-order valence-electron chi connectivity index (χ1n) is 8.66. The highest BCUT2D eigenvalue weighted by Crippen LogP contribution is 2.48. The highest BCUT2D eigenvalue weighted by atomic mass is 19.4. The normalized spacial score (nSPS) is 14.6. The predicted octanol–water partition coefficient (Wildman–Crippen LogP) is 5.08. The molecule has 3 nitrogen and oxygen atoms in total. The first-order chi connectivity index (χ1) is 13.3. The van der Waals surface area contributed by atoms with Crippen molar-refractivity contribution in [3.8, 4) is 5.75 Å². The number of aliphatic hydroxyl groups excluding tert-OH is 1. The van der Waals surface area contributed by atoms with E-state index in [0.717, 1.165) is 19.2 Å². The van der Waals surface area contributed by atoms with Gasteiger partial charge in [0.1, 0.15) is 18.5 Å². The highest BCUT2D eigenvalue weighted by Gasteiger charge is 2.75. The summed E-state index contributed by atoms with van der Waals surface area (Å²) in [5, 5.41) is 11.5. The Balaban J connectivity index is 2.14. The molecule has 0 spiro atoms. The van der Waals surface area contributed by atoms with E-state index in [1.807, 2.05) is 0 Å². The molecule has 0 heterocycles. The lowest BCUT2D eigenvalue weighted by atomic mass is 10.1. The quantitative estimate of drug-likeness (QED) is 0.471. The van der Waals surface area contributed by atoms with Gasteiger partial charge in [0.15, 0.2) is 0 Å². The number of rotatable bonds is 8. The maximum atomic E-state index is 14.0. The number of ether oxygens (including phenoxy) is 1. The van der Waals surface area contributed by atoms with Crippen molar-refractivity contribution in [1.82, 2.24) is 4.90 Å². The zero-order valence-electron chi connectivity index (χ0n) is 15.6. The molecule has 0 radical (unpaired) electrons. The molecule has 1 unspecified atom stereocenters. The standard InChI is InChI=1S/C19H20F7NO2/c1-12(2)27(19(25,26)17(20,21)18(22,23)24)10-14(28)11-29-16-9-5-7-13-6-3-4-8-15(13)16/h3-9,12,14,28H,10-11H2,1-2H3. The molecular weight excluding hydrogens is 407 g/mol. The van der Waals surface area contributed by atoms with E-state index in [-0.39, 0.29) is 4.90 Å². The lowest BCUT2D eigenvalue weighted by molar-refractivity contribution is -0.393. The average molecular weight is 427 g/mol. The van der Waals surface area contributed by atoms with E-state index < -0.39 is 43.4 Å². The Bertz CT molecular complexity index is 818. The van der Waals surface area contributed by atoms with Crippen molar-refractivity contribution in [3.05, 3.63) is 42.5 Å². The molecule has 0 saturated carbocycles. The Morgan fingerprint density at radius 3 is 2.10 bits per heavy atom. The summed E-state index contributed by atoms with van der Waals surface area (Å²) in [7, 11) is 0. The third-order valence-electron chi connectivity index (χ3n) is 4.31. The molecule has 2 aromatic carbocycles. The summed E-state index contributed by atoms with van der Waals surface area (Å²) < 4.78 is 97.6. The van der Waals surface area contributed by atoms with Crippen LogP contribution in [0.1, 0.15) is 13.8 Å². The summed E-state index contributed by atoms with van der Waals surface area (Å²) in [5.41, 5.74) is 0. The van der Waals surface area contributed by atoms with Gasteiger partial charge in [-0.2, -0.15) is 30.7 Å². The zero-order valence-corrected chi connectivity index (χ0v) is 15.6. The Morgan fingerprint density at radius 1 is 0.931 bits per heavy atom. The number of nitrogens with zero attached hydrogens (tertiary/aromatic N) is 1. The molecule has 162 valence electrons. The molecule has 0 amide bonds. The third kappa shape index (κ3) is 4.75. The van der Waals surface area contributed by atoms with Crippen LogP contribution in [0.15, 0.2) is 42.5 Å². The van der Waals surface area contributed by atoms with Crippen molar-refractivity contribution in [1.29, 1.82) is 0 Å². The minimum Gasteiger partial charge on any atom is -0.490 e. The monoisotopic (exact) mass is 427 g/mol. The van der Waals surface area contributed by atoms with Gasteiger partial charge >= 0.3 is 18.1 Å². The van der Waals surface area contributed by atoms with Gasteiger partial charge in [0.2, 0.25) is 0 Å². The van der Waals surface area contributed by atoms with E-state index in [1.165, 1.54) is 0 Å². The van der Waals surface area contributed by atoms with E-state index in [1.54, 1.807) is 42.5 Å². The Morgan fingerprint density at radius 2 is 1.52 bits per heavy atom. The van der Waals surface area contributed by atoms with Crippen molar-refractivity contribution < 1.29 is 40.6 Å². The fraction of sp³-hybridized carbons (Fsp3) is 0.474. The third-order valence-corrected chi connectivity index (χ3v) is 4.31. The van der Waals surface area contributed by atoms with Crippen LogP contribution in [0.4, 0.5) is 30.7 Å². The van der Waals surface area contributed by atoms with Crippen LogP contribution >= 0.6 is 0 Å². The molecule has 2 aromatic rings. The van der Waals surface area contributed by atoms with Crippen LogP contribution in [-0.4, -0.2) is 53.4 Å². The van der Waals surface area contributed by atoms with Crippen molar-refractivity contribution >= 4 is 10.8 Å². The SMILES string of the molecule is CC(C)N(CC(O)COc1cccc2ccccc12)C(F)(F)C(F)(F)C(F)(F)F. The number of halogens is 7. The fourth-order valence-corrected chi connectivity index (χ4v) is 2.79. The summed E-state index contributed by atoms with van der Waals surface area (Å²) in [6.07, 6.45) is -8.19. The van der Waals surface area contributed by atoms with Crippen LogP contribution in [0.2, 0.25) is 0 Å². The highest BCUT2D eigenvalue weighted by molar-refractivity contribution is 5.88. The van der Waals surface area contributed by atoms with Crippen molar-refractivity contribution in [2.45, 2.75) is 44.1 Å². The van der Waals surface area contributed by atoms with Crippen LogP contribution in [0.25, 0.3) is 10.8 Å². The number of alkyl halides is 7. The Labute approximate surface area is 162 Å². The van der Waals surface area contributed by atoms with E-state index in [4.69, 9.17) is 4.74 Å². The van der Waals surface area contributed by atoms with E-state index in [2.05, 4.69) is 0 Å². The molecule has 0 aromatic heterocycles. The van der Waals surface area contributed by atoms with Crippen LogP contribution < -0.4 is 4.74 Å². The summed E-state index contributed by atoms with van der Waals surface area (Å²) in [6, 6.07) is 5.05. The summed E-state index contributed by atoms with van der Waals surface area (Å²) in [6.45, 7) is 0.323. The van der Waals surface area contributed by atoms with Crippen LogP contribution in [0, 0.1) is 0 Å². The molecule has 29 heavy (non-hydrogen) atoms. The van der Waals surface area contributed by atoms with Gasteiger partial charge < -0.3 is 9.84 Å². The van der Waals surface area contributed by atoms with E-state index in [9.17, 15) is 35.8 Å². The van der Waals surface area contributed by atoms with Gasteiger partial charge in [-0.05, 0) is 25.3 Å². The maximum absolute atomic E-state index is 14.0. The first-order valence-corrected chi connectivity index (χ1v) is 8.66. The minimum atomic E-state index is -6.45. The molecule has 10 heteroatoms. The van der Waals surface area contributed by atoms with Gasteiger partial charge in [0.25, 0.3) is 0 Å². The molecule has 2 rings (SSSR count). The molecule has 0 aliphatic rings. The molecular formula is C19H20F7NO2. The predicted molar refractivity (Wildman–Crippen MR) is 93.2 cm³/mol. The summed E-state index contributed by atoms with van der Waals surface area (Å²) >= 11 is 0. The van der Waals surface area contributed by atoms with Crippen molar-refractivity contribution in [2.24, 2.45) is 0 Å². The van der Waals surface area contributed by atoms with Gasteiger partial charge in [0.05, 0.1) is 0 Å². The van der Waals surface area contributed by atoms with Gasteiger partial charge in [-0.1, -0.05) is 36.4 Å². The van der Waals surface area contributed by atoms with Crippen LogP contribution in [0.5, 0.6) is 5.75 Å². The largest absolute Gasteiger partial charge is 0.490 e. The van der Waals surface area contributed by atoms with Gasteiger partial charge in [-0.25, -0.2) is 4.90 Å². The summed E-state index contributed by atoms with van der Waals surface area (Å²) in [5.74, 6) is -5.98. The van der Waals surface area contributed by atoms with Crippen molar-refractivity contribution in [2.75, 3.05) is 13.2 Å². The Hall–Kier alpha value is -2.07. The minimum absolute atomic E-state index is 0.311. The number of hydrogen-bond donors (Lipinski definition) is 1. The first kappa shape index (κ1) is 23.2. The van der Waals surface area contributed by atoms with E-state index >= 15 is 0 Å². The average Bonchev–Trinajstić information content (AvgIpc) is 2.62. The van der Waals surface area contributed by atoms with Crippen molar-refractivity contribution in [3.63, 3.8) is 0 Å². The number of benzene rings is 2. The van der Waals surface area contributed by atoms with Gasteiger partial charge in [-0.15, -0.1) is 0 Å². The molecule has 1 N–H and O–H groups in total. The van der Waals surface area contributed by atoms with E-state index in [0.29, 0.717) is 11.1 Å². The Kier molecular flexibility index (Phi) is 6.68. The number of fused-ring (bicyclic) bond motifs is 1. The number of aliphatic hydroxyl groups is 1. The van der Waals surface area contributed by atoms with Gasteiger partial charge in [-0.3, -0.25) is 0 Å². The lowest BCUT2D eigenvalue weighted by Crippen LogP contribution is -2.64. The smallest absolute Gasteiger partial charge is 0.461 e. The fourth-order valence-electron chi connectivity index (χ4n) is 2.79. The molecule has 0 aliphatic heterocycles. The van der Waals surface area contributed by atoms with Crippen LogP contribution in [0.3, 0.4) is 0 Å². The summed E-state index contributed by atoms with van der Waals surface area (Å²) in [4.78, 5) is -0.377. The van der Waals surface area contributed by atoms with Crippen LogP contribution in [-0.2, 0) is 0 Å². The topological polar surface area (TPSA) is 32.7 Å². The second kappa shape index (κ2) is 8.35. The molecule has 0 fully saturated rings. The zero-order chi connectivity index (χ0) is 22.0. The number of hydrogen-bond acceptors (Lipinski definition) is 3.